The molecule has 134 valence electrons. The molecule has 0 aliphatic heterocycles. The summed E-state index contributed by atoms with van der Waals surface area (Å²) in [6.45, 7) is 2.01. The molecular formula is C20H21BrN4O. The van der Waals surface area contributed by atoms with Crippen molar-refractivity contribution in [2.75, 3.05) is 0 Å². The standard InChI is InChI=1S/C20H21BrN4O/c1-14-23-24-20(25(14)17-9-7-16(21)8-10-17)15-5-11-18(12-6-15)26-19-4-2-3-13-22-19/h2-4,7-10,13,15,18H,5-6,11-12H2,1H3/t15-,18-. The highest BCUT2D eigenvalue weighted by Crippen LogP contribution is 2.34. The average molecular weight is 413 g/mol. The predicted octanol–water partition coefficient (Wildman–Crippen LogP) is 4.84. The Morgan fingerprint density at radius 2 is 1.77 bits per heavy atom. The molecule has 0 spiro atoms. The van der Waals surface area contributed by atoms with Gasteiger partial charge in [-0.25, -0.2) is 4.98 Å². The number of ether oxygens (including phenoxy) is 1. The zero-order valence-electron chi connectivity index (χ0n) is 14.7. The van der Waals surface area contributed by atoms with Gasteiger partial charge >= 0.3 is 0 Å². The maximum atomic E-state index is 6.01. The van der Waals surface area contributed by atoms with Crippen LogP contribution in [0.4, 0.5) is 0 Å². The Morgan fingerprint density at radius 3 is 2.46 bits per heavy atom. The minimum absolute atomic E-state index is 0.228. The summed E-state index contributed by atoms with van der Waals surface area (Å²) in [6.07, 6.45) is 6.11. The van der Waals surface area contributed by atoms with Gasteiger partial charge < -0.3 is 4.74 Å². The Balaban J connectivity index is 1.47. The number of halogens is 1. The van der Waals surface area contributed by atoms with Gasteiger partial charge in [0.25, 0.3) is 0 Å². The lowest BCUT2D eigenvalue weighted by Gasteiger charge is -2.28. The van der Waals surface area contributed by atoms with Crippen LogP contribution in [0.1, 0.15) is 43.3 Å². The van der Waals surface area contributed by atoms with E-state index in [1.807, 2.05) is 25.1 Å². The molecule has 0 amide bonds. The van der Waals surface area contributed by atoms with E-state index in [0.29, 0.717) is 11.8 Å². The molecule has 26 heavy (non-hydrogen) atoms. The van der Waals surface area contributed by atoms with Crippen molar-refractivity contribution in [1.29, 1.82) is 0 Å². The number of rotatable bonds is 4. The monoisotopic (exact) mass is 412 g/mol. The summed E-state index contributed by atoms with van der Waals surface area (Å²) in [6, 6.07) is 14.1. The maximum Gasteiger partial charge on any atom is 0.213 e. The van der Waals surface area contributed by atoms with E-state index in [-0.39, 0.29) is 6.10 Å². The van der Waals surface area contributed by atoms with Crippen LogP contribution in [0.25, 0.3) is 5.69 Å². The first-order chi connectivity index (χ1) is 12.7. The lowest BCUT2D eigenvalue weighted by molar-refractivity contribution is 0.139. The summed E-state index contributed by atoms with van der Waals surface area (Å²) in [4.78, 5) is 4.26. The molecule has 1 saturated carbocycles. The van der Waals surface area contributed by atoms with Crippen molar-refractivity contribution in [3.05, 3.63) is 64.8 Å². The second-order valence-corrected chi connectivity index (χ2v) is 7.59. The number of hydrogen-bond donors (Lipinski definition) is 0. The van der Waals surface area contributed by atoms with Crippen molar-refractivity contribution < 1.29 is 4.74 Å². The molecule has 1 fully saturated rings. The molecule has 1 aliphatic carbocycles. The third kappa shape index (κ3) is 3.65. The molecule has 1 aliphatic rings. The average Bonchev–Trinajstić information content (AvgIpc) is 3.05. The van der Waals surface area contributed by atoms with Gasteiger partial charge in [0, 0.05) is 28.3 Å². The van der Waals surface area contributed by atoms with Crippen molar-refractivity contribution in [3.8, 4) is 11.6 Å². The van der Waals surface area contributed by atoms with Gasteiger partial charge in [0.15, 0.2) is 0 Å². The van der Waals surface area contributed by atoms with Crippen LogP contribution in [-0.4, -0.2) is 25.9 Å². The zero-order chi connectivity index (χ0) is 17.9. The highest BCUT2D eigenvalue weighted by molar-refractivity contribution is 9.10. The van der Waals surface area contributed by atoms with Crippen molar-refractivity contribution in [3.63, 3.8) is 0 Å². The molecule has 4 rings (SSSR count). The first-order valence-electron chi connectivity index (χ1n) is 8.96. The molecule has 0 bridgehead atoms. The molecule has 0 saturated heterocycles. The smallest absolute Gasteiger partial charge is 0.213 e. The normalized spacial score (nSPS) is 20.1. The summed E-state index contributed by atoms with van der Waals surface area (Å²) < 4.78 is 9.26. The van der Waals surface area contributed by atoms with E-state index in [1.54, 1.807) is 6.20 Å². The van der Waals surface area contributed by atoms with Gasteiger partial charge in [0.1, 0.15) is 17.8 Å². The van der Waals surface area contributed by atoms with Crippen molar-refractivity contribution >= 4 is 15.9 Å². The van der Waals surface area contributed by atoms with E-state index < -0.39 is 0 Å². The van der Waals surface area contributed by atoms with Crippen LogP contribution in [0.2, 0.25) is 0 Å². The van der Waals surface area contributed by atoms with Crippen LogP contribution in [0.3, 0.4) is 0 Å². The minimum atomic E-state index is 0.228. The summed E-state index contributed by atoms with van der Waals surface area (Å²) in [5.41, 5.74) is 1.11. The Kier molecular flexibility index (Phi) is 5.02. The largest absolute Gasteiger partial charge is 0.474 e. The lowest BCUT2D eigenvalue weighted by Crippen LogP contribution is -2.25. The van der Waals surface area contributed by atoms with E-state index >= 15 is 0 Å². The van der Waals surface area contributed by atoms with Gasteiger partial charge in [-0.05, 0) is 62.9 Å². The predicted molar refractivity (Wildman–Crippen MR) is 104 cm³/mol. The minimum Gasteiger partial charge on any atom is -0.474 e. The lowest BCUT2D eigenvalue weighted by atomic mass is 9.86. The number of hydrogen-bond acceptors (Lipinski definition) is 4. The summed E-state index contributed by atoms with van der Waals surface area (Å²) in [5, 5.41) is 8.83. The number of nitrogens with zero attached hydrogens (tertiary/aromatic N) is 4. The number of aryl methyl sites for hydroxylation is 1. The van der Waals surface area contributed by atoms with Crippen LogP contribution >= 0.6 is 15.9 Å². The molecule has 0 unspecified atom stereocenters. The van der Waals surface area contributed by atoms with E-state index in [2.05, 4.69) is 59.9 Å². The van der Waals surface area contributed by atoms with E-state index in [9.17, 15) is 0 Å². The van der Waals surface area contributed by atoms with Gasteiger partial charge in [-0.3, -0.25) is 4.57 Å². The third-order valence-corrected chi connectivity index (χ3v) is 5.43. The molecule has 0 radical (unpaired) electrons. The molecule has 2 heterocycles. The van der Waals surface area contributed by atoms with Gasteiger partial charge in [-0.2, -0.15) is 0 Å². The van der Waals surface area contributed by atoms with E-state index in [4.69, 9.17) is 4.74 Å². The number of benzene rings is 1. The fourth-order valence-electron chi connectivity index (χ4n) is 3.58. The SMILES string of the molecule is Cc1nnc([C@H]2CC[C@H](Oc3ccccn3)CC2)n1-c1ccc(Br)cc1. The fourth-order valence-corrected chi connectivity index (χ4v) is 3.84. The molecule has 2 aromatic heterocycles. The van der Waals surface area contributed by atoms with Crippen LogP contribution in [0.15, 0.2) is 53.1 Å². The van der Waals surface area contributed by atoms with Gasteiger partial charge in [0.05, 0.1) is 0 Å². The molecular weight excluding hydrogens is 392 g/mol. The summed E-state index contributed by atoms with van der Waals surface area (Å²) in [7, 11) is 0. The zero-order valence-corrected chi connectivity index (χ0v) is 16.3. The van der Waals surface area contributed by atoms with Crippen molar-refractivity contribution in [2.24, 2.45) is 0 Å². The summed E-state index contributed by atoms with van der Waals surface area (Å²) in [5.74, 6) is 3.10. The Morgan fingerprint density at radius 1 is 1.00 bits per heavy atom. The molecule has 0 atom stereocenters. The van der Waals surface area contributed by atoms with Crippen LogP contribution < -0.4 is 4.74 Å². The molecule has 1 aromatic carbocycles. The topological polar surface area (TPSA) is 52.8 Å². The first-order valence-corrected chi connectivity index (χ1v) is 9.75. The van der Waals surface area contributed by atoms with E-state index in [1.165, 1.54) is 0 Å². The van der Waals surface area contributed by atoms with Gasteiger partial charge in [-0.1, -0.05) is 22.0 Å². The molecule has 0 N–H and O–H groups in total. The highest BCUT2D eigenvalue weighted by atomic mass is 79.9. The quantitative estimate of drug-likeness (QED) is 0.614. The van der Waals surface area contributed by atoms with Gasteiger partial charge in [0.2, 0.25) is 5.88 Å². The first kappa shape index (κ1) is 17.2. The number of pyridine rings is 1. The molecule has 3 aromatic rings. The number of aromatic nitrogens is 4. The van der Waals surface area contributed by atoms with Crippen molar-refractivity contribution in [2.45, 2.75) is 44.6 Å². The van der Waals surface area contributed by atoms with Crippen LogP contribution in [0.5, 0.6) is 5.88 Å². The summed E-state index contributed by atoms with van der Waals surface area (Å²) >= 11 is 3.50. The Bertz CT molecular complexity index is 855. The maximum absolute atomic E-state index is 6.01. The van der Waals surface area contributed by atoms with Gasteiger partial charge in [-0.15, -0.1) is 10.2 Å². The second-order valence-electron chi connectivity index (χ2n) is 6.68. The van der Waals surface area contributed by atoms with Crippen molar-refractivity contribution in [1.82, 2.24) is 19.7 Å². The second kappa shape index (κ2) is 7.58. The van der Waals surface area contributed by atoms with Crippen LogP contribution in [0, 0.1) is 6.92 Å². The Labute approximate surface area is 161 Å². The third-order valence-electron chi connectivity index (χ3n) is 4.90. The molecule has 6 heteroatoms. The highest BCUT2D eigenvalue weighted by Gasteiger charge is 2.28. The van der Waals surface area contributed by atoms with E-state index in [0.717, 1.165) is 47.5 Å². The van der Waals surface area contributed by atoms with Crippen LogP contribution in [-0.2, 0) is 0 Å². The molecule has 5 nitrogen and oxygen atoms in total. The fraction of sp³-hybridized carbons (Fsp3) is 0.350. The Hall–Kier alpha value is -2.21.